The van der Waals surface area contributed by atoms with Gasteiger partial charge in [-0.05, 0) is 31.2 Å². The van der Waals surface area contributed by atoms with Crippen LogP contribution >= 0.6 is 0 Å². The molecule has 114 valence electrons. The number of ether oxygens (including phenoxy) is 1. The third-order valence-electron chi connectivity index (χ3n) is 3.92. The molecule has 1 aliphatic heterocycles. The van der Waals surface area contributed by atoms with Crippen molar-refractivity contribution in [2.24, 2.45) is 0 Å². The van der Waals surface area contributed by atoms with Gasteiger partial charge in [-0.25, -0.2) is 0 Å². The normalized spacial score (nSPS) is 15.6. The second-order valence-electron chi connectivity index (χ2n) is 5.43. The van der Waals surface area contributed by atoms with E-state index in [9.17, 15) is 4.79 Å². The summed E-state index contributed by atoms with van der Waals surface area (Å²) in [5.41, 5.74) is 1.47. The Morgan fingerprint density at radius 3 is 2.59 bits per heavy atom. The minimum Gasteiger partial charge on any atom is -0.490 e. The summed E-state index contributed by atoms with van der Waals surface area (Å²) in [6.45, 7) is 3.29. The summed E-state index contributed by atoms with van der Waals surface area (Å²) >= 11 is 0. The van der Waals surface area contributed by atoms with Crippen LogP contribution in [0.5, 0.6) is 5.75 Å². The zero-order valence-electron chi connectivity index (χ0n) is 12.6. The summed E-state index contributed by atoms with van der Waals surface area (Å²) in [5, 5.41) is 0. The first-order chi connectivity index (χ1) is 10.7. The van der Waals surface area contributed by atoms with Crippen molar-refractivity contribution in [2.45, 2.75) is 25.9 Å². The largest absolute Gasteiger partial charge is 0.490 e. The fraction of sp³-hybridized carbons (Fsp3) is 0.353. The monoisotopic (exact) mass is 297 g/mol. The molecule has 0 spiro atoms. The molecule has 1 aliphatic rings. The first kappa shape index (κ1) is 14.5. The van der Waals surface area contributed by atoms with Crippen LogP contribution in [0.25, 0.3) is 0 Å². The van der Waals surface area contributed by atoms with Gasteiger partial charge in [-0.15, -0.1) is 0 Å². The highest BCUT2D eigenvalue weighted by atomic mass is 16.5. The molecule has 0 saturated carbocycles. The summed E-state index contributed by atoms with van der Waals surface area (Å²) in [4.78, 5) is 22.6. The van der Waals surface area contributed by atoms with Gasteiger partial charge in [-0.2, -0.15) is 0 Å². The molecule has 1 fully saturated rings. The van der Waals surface area contributed by atoms with E-state index in [4.69, 9.17) is 4.74 Å². The number of likely N-dealkylation sites (tertiary alicyclic amines) is 1. The Morgan fingerprint density at radius 1 is 1.18 bits per heavy atom. The van der Waals surface area contributed by atoms with Crippen LogP contribution in [0, 0.1) is 6.92 Å². The minimum absolute atomic E-state index is 0.0629. The molecule has 0 N–H and O–H groups in total. The summed E-state index contributed by atoms with van der Waals surface area (Å²) in [5.74, 6) is 0.899. The highest BCUT2D eigenvalue weighted by Gasteiger charge is 2.25. The van der Waals surface area contributed by atoms with E-state index in [1.807, 2.05) is 30.0 Å². The van der Waals surface area contributed by atoms with Gasteiger partial charge in [0.2, 0.25) is 0 Å². The molecule has 0 aliphatic carbocycles. The molecule has 5 nitrogen and oxygen atoms in total. The fourth-order valence-electron chi connectivity index (χ4n) is 2.67. The van der Waals surface area contributed by atoms with Crippen molar-refractivity contribution < 1.29 is 9.53 Å². The van der Waals surface area contributed by atoms with Gasteiger partial charge in [0.15, 0.2) is 0 Å². The van der Waals surface area contributed by atoms with Gasteiger partial charge in [0.25, 0.3) is 5.91 Å². The lowest BCUT2D eigenvalue weighted by atomic mass is 10.1. The highest BCUT2D eigenvalue weighted by molar-refractivity contribution is 5.95. The predicted molar refractivity (Wildman–Crippen MR) is 82.8 cm³/mol. The molecular formula is C17H19N3O2. The number of aryl methyl sites for hydroxylation is 1. The maximum atomic E-state index is 12.5. The van der Waals surface area contributed by atoms with E-state index in [2.05, 4.69) is 9.97 Å². The summed E-state index contributed by atoms with van der Waals surface area (Å²) in [7, 11) is 0. The van der Waals surface area contributed by atoms with Crippen LogP contribution in [0.2, 0.25) is 0 Å². The molecule has 0 bridgehead atoms. The molecule has 0 radical (unpaired) electrons. The number of hydrogen-bond acceptors (Lipinski definition) is 4. The predicted octanol–water partition coefficient (Wildman–Crippen LogP) is 2.47. The lowest BCUT2D eigenvalue weighted by Crippen LogP contribution is -2.42. The van der Waals surface area contributed by atoms with Gasteiger partial charge < -0.3 is 9.64 Å². The zero-order chi connectivity index (χ0) is 15.4. The van der Waals surface area contributed by atoms with Gasteiger partial charge in [-0.3, -0.25) is 14.8 Å². The first-order valence-corrected chi connectivity index (χ1v) is 7.51. The van der Waals surface area contributed by atoms with E-state index in [1.165, 1.54) is 0 Å². The molecule has 0 aromatic carbocycles. The van der Waals surface area contributed by atoms with Crippen molar-refractivity contribution >= 4 is 5.91 Å². The number of pyridine rings is 2. The fourth-order valence-corrected chi connectivity index (χ4v) is 2.67. The zero-order valence-corrected chi connectivity index (χ0v) is 12.6. The van der Waals surface area contributed by atoms with Crippen molar-refractivity contribution in [3.63, 3.8) is 0 Å². The third kappa shape index (κ3) is 3.24. The smallest absolute Gasteiger partial charge is 0.255 e. The average molecular weight is 297 g/mol. The second-order valence-corrected chi connectivity index (χ2v) is 5.43. The van der Waals surface area contributed by atoms with E-state index < -0.39 is 0 Å². The maximum Gasteiger partial charge on any atom is 0.255 e. The topological polar surface area (TPSA) is 55.3 Å². The van der Waals surface area contributed by atoms with Crippen LogP contribution in [0.1, 0.15) is 28.9 Å². The Kier molecular flexibility index (Phi) is 4.32. The number of carbonyl (C=O) groups is 1. The van der Waals surface area contributed by atoms with Crippen LogP contribution in [0.4, 0.5) is 0 Å². The summed E-state index contributed by atoms with van der Waals surface area (Å²) in [6, 6.07) is 7.36. The molecule has 22 heavy (non-hydrogen) atoms. The number of piperidine rings is 1. The number of nitrogens with zero attached hydrogens (tertiary/aromatic N) is 3. The second kappa shape index (κ2) is 6.56. The number of amides is 1. The number of hydrogen-bond donors (Lipinski definition) is 0. The van der Waals surface area contributed by atoms with Gasteiger partial charge in [0, 0.05) is 50.2 Å². The van der Waals surface area contributed by atoms with Crippen molar-refractivity contribution in [1.29, 1.82) is 0 Å². The highest BCUT2D eigenvalue weighted by Crippen LogP contribution is 2.20. The summed E-state index contributed by atoms with van der Waals surface area (Å²) in [6.07, 6.45) is 6.99. The standard InChI is InChI=1S/C17H19N3O2/c1-13-16(3-2-8-19-13)17(21)20-11-6-15(7-12-20)22-14-4-9-18-10-5-14/h2-5,8-10,15H,6-7,11-12H2,1H3. The van der Waals surface area contributed by atoms with Crippen LogP contribution in [0.15, 0.2) is 42.9 Å². The summed E-state index contributed by atoms with van der Waals surface area (Å²) < 4.78 is 5.92. The molecule has 0 unspecified atom stereocenters. The maximum absolute atomic E-state index is 12.5. The van der Waals surface area contributed by atoms with Crippen molar-refractivity contribution in [2.75, 3.05) is 13.1 Å². The van der Waals surface area contributed by atoms with Gasteiger partial charge in [-0.1, -0.05) is 0 Å². The number of aromatic nitrogens is 2. The molecule has 0 atom stereocenters. The Balaban J connectivity index is 1.58. The lowest BCUT2D eigenvalue weighted by molar-refractivity contribution is 0.0594. The molecule has 3 heterocycles. The van der Waals surface area contributed by atoms with Crippen LogP contribution in [-0.4, -0.2) is 40.0 Å². The van der Waals surface area contributed by atoms with E-state index in [0.717, 1.165) is 24.3 Å². The molecule has 2 aromatic rings. The third-order valence-corrected chi connectivity index (χ3v) is 3.92. The minimum atomic E-state index is 0.0629. The molecule has 2 aromatic heterocycles. The van der Waals surface area contributed by atoms with Crippen LogP contribution in [-0.2, 0) is 0 Å². The van der Waals surface area contributed by atoms with Gasteiger partial charge in [0.1, 0.15) is 11.9 Å². The van der Waals surface area contributed by atoms with E-state index >= 15 is 0 Å². The molecule has 3 rings (SSSR count). The van der Waals surface area contributed by atoms with Crippen molar-refractivity contribution in [1.82, 2.24) is 14.9 Å². The Labute approximate surface area is 130 Å². The number of rotatable bonds is 3. The number of carbonyl (C=O) groups excluding carboxylic acids is 1. The molecule has 1 saturated heterocycles. The average Bonchev–Trinajstić information content (AvgIpc) is 2.56. The molecule has 1 amide bonds. The van der Waals surface area contributed by atoms with Gasteiger partial charge in [0.05, 0.1) is 5.56 Å². The lowest BCUT2D eigenvalue weighted by Gasteiger charge is -2.32. The molecule has 5 heteroatoms. The van der Waals surface area contributed by atoms with E-state index in [1.54, 1.807) is 24.7 Å². The van der Waals surface area contributed by atoms with Gasteiger partial charge >= 0.3 is 0 Å². The Morgan fingerprint density at radius 2 is 1.91 bits per heavy atom. The quantitative estimate of drug-likeness (QED) is 0.873. The van der Waals surface area contributed by atoms with Crippen LogP contribution < -0.4 is 4.74 Å². The van der Waals surface area contributed by atoms with Crippen molar-refractivity contribution in [3.8, 4) is 5.75 Å². The van der Waals surface area contributed by atoms with E-state index in [-0.39, 0.29) is 12.0 Å². The Bertz CT molecular complexity index is 637. The van der Waals surface area contributed by atoms with Crippen molar-refractivity contribution in [3.05, 3.63) is 54.1 Å². The Hall–Kier alpha value is -2.43. The SMILES string of the molecule is Cc1ncccc1C(=O)N1CCC(Oc2ccncc2)CC1. The molecular weight excluding hydrogens is 278 g/mol. The van der Waals surface area contributed by atoms with E-state index in [0.29, 0.717) is 18.7 Å². The first-order valence-electron chi connectivity index (χ1n) is 7.51. The van der Waals surface area contributed by atoms with Crippen LogP contribution in [0.3, 0.4) is 0 Å².